The van der Waals surface area contributed by atoms with Gasteiger partial charge in [0.25, 0.3) is 0 Å². The molecular weight excluding hydrogens is 415 g/mol. The second kappa shape index (κ2) is 9.08. The van der Waals surface area contributed by atoms with E-state index in [2.05, 4.69) is 15.6 Å². The molecule has 0 spiro atoms. The number of hydrogen-bond donors (Lipinski definition) is 2. The summed E-state index contributed by atoms with van der Waals surface area (Å²) in [5.74, 6) is -0.438. The Balaban J connectivity index is 1.57. The number of aromatic nitrogens is 1. The topological polar surface area (TPSA) is 71.1 Å². The molecule has 0 saturated heterocycles. The normalized spacial score (nSPS) is 11.2. The third kappa shape index (κ3) is 6.15. The number of halogens is 3. The number of nitrogens with zero attached hydrogens (tertiary/aromatic N) is 1. The van der Waals surface area contributed by atoms with Crippen LogP contribution in [0, 0.1) is 0 Å². The van der Waals surface area contributed by atoms with Crippen LogP contribution in [0.25, 0.3) is 0 Å². The van der Waals surface area contributed by atoms with E-state index in [4.69, 9.17) is 0 Å². The molecular formula is C21H18F3N3O2S. The molecule has 3 rings (SSSR count). The zero-order valence-electron chi connectivity index (χ0n) is 15.9. The summed E-state index contributed by atoms with van der Waals surface area (Å²) in [6.07, 6.45) is -2.42. The van der Waals surface area contributed by atoms with E-state index in [-0.39, 0.29) is 18.2 Å². The summed E-state index contributed by atoms with van der Waals surface area (Å²) in [6.45, 7) is 1.41. The number of carbonyl (C=O) groups is 2. The first-order chi connectivity index (χ1) is 14.2. The van der Waals surface area contributed by atoms with E-state index in [1.807, 2.05) is 0 Å². The van der Waals surface area contributed by atoms with Gasteiger partial charge in [-0.25, -0.2) is 4.98 Å². The number of nitrogens with one attached hydrogen (secondary N) is 2. The molecule has 3 aromatic rings. The molecule has 0 unspecified atom stereocenters. The number of rotatable bonds is 6. The van der Waals surface area contributed by atoms with Gasteiger partial charge in [0.05, 0.1) is 12.0 Å². The van der Waals surface area contributed by atoms with Gasteiger partial charge in [0, 0.05) is 30.1 Å². The smallest absolute Gasteiger partial charge is 0.326 e. The van der Waals surface area contributed by atoms with Crippen LogP contribution in [0.3, 0.4) is 0 Å². The number of hydrogen-bond acceptors (Lipinski definition) is 4. The average molecular weight is 433 g/mol. The summed E-state index contributed by atoms with van der Waals surface area (Å²) in [5, 5.41) is 5.73. The summed E-state index contributed by atoms with van der Waals surface area (Å²) in [7, 11) is 0. The van der Waals surface area contributed by atoms with Crippen molar-refractivity contribution in [3.8, 4) is 0 Å². The van der Waals surface area contributed by atoms with Gasteiger partial charge in [-0.2, -0.15) is 13.2 Å². The van der Waals surface area contributed by atoms with Crippen LogP contribution in [0.5, 0.6) is 0 Å². The fourth-order valence-electron chi connectivity index (χ4n) is 2.76. The maximum absolute atomic E-state index is 12.8. The minimum Gasteiger partial charge on any atom is -0.326 e. The molecule has 2 N–H and O–H groups in total. The SMILES string of the molecule is CC(=O)Nc1ccc(CC(=O)Nc2ncc(Cc3cccc(C(F)(F)F)c3)s2)cc1. The van der Waals surface area contributed by atoms with E-state index >= 15 is 0 Å². The van der Waals surface area contributed by atoms with E-state index in [0.717, 1.165) is 22.6 Å². The number of amides is 2. The lowest BCUT2D eigenvalue weighted by Gasteiger charge is -2.07. The summed E-state index contributed by atoms with van der Waals surface area (Å²) in [4.78, 5) is 28.1. The zero-order chi connectivity index (χ0) is 21.7. The van der Waals surface area contributed by atoms with Crippen molar-refractivity contribution in [2.45, 2.75) is 25.9 Å². The lowest BCUT2D eigenvalue weighted by Crippen LogP contribution is -2.14. The summed E-state index contributed by atoms with van der Waals surface area (Å²) < 4.78 is 38.5. The number of thiazole rings is 1. The minimum absolute atomic E-state index is 0.128. The molecule has 0 aliphatic heterocycles. The third-order valence-electron chi connectivity index (χ3n) is 4.07. The maximum Gasteiger partial charge on any atom is 0.416 e. The predicted octanol–water partition coefficient (Wildman–Crippen LogP) is 4.89. The van der Waals surface area contributed by atoms with Gasteiger partial charge in [-0.15, -0.1) is 11.3 Å². The van der Waals surface area contributed by atoms with E-state index < -0.39 is 11.7 Å². The van der Waals surface area contributed by atoms with Crippen LogP contribution in [0.1, 0.15) is 28.5 Å². The van der Waals surface area contributed by atoms with Crippen LogP contribution in [0.15, 0.2) is 54.7 Å². The monoisotopic (exact) mass is 433 g/mol. The highest BCUT2D eigenvalue weighted by atomic mass is 32.1. The Morgan fingerprint density at radius 2 is 1.77 bits per heavy atom. The Bertz CT molecular complexity index is 1050. The third-order valence-corrected chi connectivity index (χ3v) is 4.98. The fraction of sp³-hybridized carbons (Fsp3) is 0.190. The highest BCUT2D eigenvalue weighted by molar-refractivity contribution is 7.15. The molecule has 2 aromatic carbocycles. The lowest BCUT2D eigenvalue weighted by molar-refractivity contribution is -0.137. The Morgan fingerprint density at radius 1 is 1.03 bits per heavy atom. The van der Waals surface area contributed by atoms with Crippen molar-refractivity contribution in [1.82, 2.24) is 4.98 Å². The molecule has 2 amide bonds. The summed E-state index contributed by atoms with van der Waals surface area (Å²) in [6, 6.07) is 12.0. The number of carbonyl (C=O) groups excluding carboxylic acids is 2. The van der Waals surface area contributed by atoms with Crippen molar-refractivity contribution in [1.29, 1.82) is 0 Å². The standard InChI is InChI=1S/C21H18F3N3O2S/c1-13(28)26-17-7-5-14(6-8-17)11-19(29)27-20-25-12-18(30-20)10-15-3-2-4-16(9-15)21(22,23)24/h2-9,12H,10-11H2,1H3,(H,26,28)(H,25,27,29). The van der Waals surface area contributed by atoms with E-state index in [9.17, 15) is 22.8 Å². The lowest BCUT2D eigenvalue weighted by atomic mass is 10.1. The largest absolute Gasteiger partial charge is 0.416 e. The molecule has 0 bridgehead atoms. The second-order valence-electron chi connectivity index (χ2n) is 6.61. The van der Waals surface area contributed by atoms with Crippen LogP contribution in [0.4, 0.5) is 24.0 Å². The molecule has 1 aromatic heterocycles. The number of anilines is 2. The van der Waals surface area contributed by atoms with Crippen molar-refractivity contribution in [2.24, 2.45) is 0 Å². The van der Waals surface area contributed by atoms with Gasteiger partial charge < -0.3 is 10.6 Å². The van der Waals surface area contributed by atoms with Crippen molar-refractivity contribution >= 4 is 34.0 Å². The molecule has 1 heterocycles. The molecule has 5 nitrogen and oxygen atoms in total. The van der Waals surface area contributed by atoms with Gasteiger partial charge in [-0.3, -0.25) is 9.59 Å². The average Bonchev–Trinajstić information content (AvgIpc) is 3.09. The zero-order valence-corrected chi connectivity index (χ0v) is 16.7. The van der Waals surface area contributed by atoms with Gasteiger partial charge in [-0.05, 0) is 29.3 Å². The van der Waals surface area contributed by atoms with Crippen molar-refractivity contribution in [3.05, 3.63) is 76.3 Å². The summed E-state index contributed by atoms with van der Waals surface area (Å²) >= 11 is 1.22. The van der Waals surface area contributed by atoms with Gasteiger partial charge in [-0.1, -0.05) is 30.3 Å². The number of alkyl halides is 3. The molecule has 9 heteroatoms. The van der Waals surface area contributed by atoms with Gasteiger partial charge in [0.2, 0.25) is 11.8 Å². The first kappa shape index (κ1) is 21.5. The Labute approximate surface area is 175 Å². The first-order valence-corrected chi connectivity index (χ1v) is 9.78. The molecule has 156 valence electrons. The highest BCUT2D eigenvalue weighted by Gasteiger charge is 2.30. The van der Waals surface area contributed by atoms with Crippen molar-refractivity contribution in [3.63, 3.8) is 0 Å². The van der Waals surface area contributed by atoms with Crippen LogP contribution in [-0.2, 0) is 28.6 Å². The van der Waals surface area contributed by atoms with Crippen LogP contribution in [0.2, 0.25) is 0 Å². The van der Waals surface area contributed by atoms with Gasteiger partial charge in [0.1, 0.15) is 0 Å². The molecule has 30 heavy (non-hydrogen) atoms. The Morgan fingerprint density at radius 3 is 2.43 bits per heavy atom. The number of benzene rings is 2. The highest BCUT2D eigenvalue weighted by Crippen LogP contribution is 2.30. The van der Waals surface area contributed by atoms with Crippen LogP contribution >= 0.6 is 11.3 Å². The Hall–Kier alpha value is -3.20. The van der Waals surface area contributed by atoms with Crippen LogP contribution in [-0.4, -0.2) is 16.8 Å². The first-order valence-electron chi connectivity index (χ1n) is 8.96. The van der Waals surface area contributed by atoms with Gasteiger partial charge >= 0.3 is 6.18 Å². The molecule has 0 aliphatic carbocycles. The van der Waals surface area contributed by atoms with E-state index in [1.54, 1.807) is 36.5 Å². The van der Waals surface area contributed by atoms with Crippen LogP contribution < -0.4 is 10.6 Å². The summed E-state index contributed by atoms with van der Waals surface area (Å²) in [5.41, 5.74) is 1.24. The van der Waals surface area contributed by atoms with Gasteiger partial charge in [0.15, 0.2) is 5.13 Å². The molecule has 0 radical (unpaired) electrons. The molecule has 0 atom stereocenters. The molecule has 0 saturated carbocycles. The quantitative estimate of drug-likeness (QED) is 0.581. The predicted molar refractivity (Wildman–Crippen MR) is 109 cm³/mol. The van der Waals surface area contributed by atoms with E-state index in [1.165, 1.54) is 24.3 Å². The molecule has 0 aliphatic rings. The maximum atomic E-state index is 12.8. The van der Waals surface area contributed by atoms with Crippen molar-refractivity contribution in [2.75, 3.05) is 10.6 Å². The molecule has 0 fully saturated rings. The van der Waals surface area contributed by atoms with E-state index in [0.29, 0.717) is 22.8 Å². The Kier molecular flexibility index (Phi) is 6.51. The van der Waals surface area contributed by atoms with Crippen molar-refractivity contribution < 1.29 is 22.8 Å². The second-order valence-corrected chi connectivity index (χ2v) is 7.72. The fourth-order valence-corrected chi connectivity index (χ4v) is 3.63. The minimum atomic E-state index is -4.39.